The van der Waals surface area contributed by atoms with E-state index in [2.05, 4.69) is 196 Å². The van der Waals surface area contributed by atoms with E-state index >= 15 is 0 Å². The molecule has 0 spiro atoms. The maximum Gasteiger partial charge on any atom is 0.213 e. The molecule has 0 bridgehead atoms. The van der Waals surface area contributed by atoms with E-state index in [0.717, 1.165) is 44.6 Å². The van der Waals surface area contributed by atoms with Crippen LogP contribution in [-0.4, -0.2) is 13.7 Å². The van der Waals surface area contributed by atoms with Gasteiger partial charge in [0, 0.05) is 49.4 Å². The molecule has 12 rings (SSSR count). The second kappa shape index (κ2) is 11.1. The summed E-state index contributed by atoms with van der Waals surface area (Å²) in [6, 6.07) is 67.7. The third-order valence-corrected chi connectivity index (χ3v) is 11.3. The molecule has 0 N–H and O–H groups in total. The van der Waals surface area contributed by atoms with Crippen molar-refractivity contribution in [3.05, 3.63) is 188 Å². The Hall–Kier alpha value is -7.30. The summed E-state index contributed by atoms with van der Waals surface area (Å²) in [7, 11) is 0. The molecule has 0 radical (unpaired) electrons. The van der Waals surface area contributed by atoms with Gasteiger partial charge in [-0.3, -0.25) is 4.57 Å². The predicted molar refractivity (Wildman–Crippen MR) is 225 cm³/mol. The average molecular weight is 690 g/mol. The largest absolute Gasteiger partial charge is 0.439 e. The van der Waals surface area contributed by atoms with E-state index in [1.807, 2.05) is 6.07 Å². The fraction of sp³-hybridized carbons (Fsp3) is 0. The molecule has 0 fully saturated rings. The maximum absolute atomic E-state index is 6.54. The highest BCUT2D eigenvalue weighted by Crippen LogP contribution is 2.41. The lowest BCUT2D eigenvalue weighted by Crippen LogP contribution is -1.97. The highest BCUT2D eigenvalue weighted by Gasteiger charge is 2.20. The van der Waals surface area contributed by atoms with Gasteiger partial charge in [-0.15, -0.1) is 0 Å². The van der Waals surface area contributed by atoms with Crippen LogP contribution in [0.15, 0.2) is 192 Å². The lowest BCUT2D eigenvalue weighted by Gasteiger charge is -2.12. The number of fused-ring (bicyclic) bond motifs is 11. The Kier molecular flexibility index (Phi) is 6.02. The van der Waals surface area contributed by atoms with Gasteiger partial charge in [-0.05, 0) is 90.0 Å². The van der Waals surface area contributed by atoms with Crippen LogP contribution in [0.2, 0.25) is 0 Å². The summed E-state index contributed by atoms with van der Waals surface area (Å²) in [4.78, 5) is 0. The number of benzene rings is 8. The molecule has 4 heterocycles. The van der Waals surface area contributed by atoms with E-state index in [0.29, 0.717) is 0 Å². The van der Waals surface area contributed by atoms with E-state index < -0.39 is 0 Å². The van der Waals surface area contributed by atoms with Crippen LogP contribution in [-0.2, 0) is 0 Å². The van der Waals surface area contributed by atoms with Crippen LogP contribution in [0.1, 0.15) is 0 Å². The number of hydrogen-bond acceptors (Lipinski definition) is 1. The minimum absolute atomic E-state index is 0.869. The standard InChI is InChI=1S/C50H31N3O/c1-2-12-32(13-3-1)33-22-28-46-41(30-33)42-31-36(52-43-18-8-4-14-37(43)38-15-5-9-19-44(38)52)27-29-47(42)51(46)34-23-25-35(26-24-34)53-45-20-10-6-16-39(45)49-40-17-7-11-21-48(40)54-50(49)53/h1-31H. The quantitative estimate of drug-likeness (QED) is 0.181. The lowest BCUT2D eigenvalue weighted by molar-refractivity contribution is 0.645. The Morgan fingerprint density at radius 2 is 0.778 bits per heavy atom. The second-order valence-electron chi connectivity index (χ2n) is 14.2. The van der Waals surface area contributed by atoms with Gasteiger partial charge in [-0.25, -0.2) is 0 Å². The number of para-hydroxylation sites is 4. The van der Waals surface area contributed by atoms with Crippen LogP contribution in [0, 0.1) is 0 Å². The summed E-state index contributed by atoms with van der Waals surface area (Å²) in [5.74, 6) is 0. The number of aromatic nitrogens is 3. The molecule has 0 atom stereocenters. The van der Waals surface area contributed by atoms with Crippen molar-refractivity contribution in [1.29, 1.82) is 0 Å². The Morgan fingerprint density at radius 3 is 1.48 bits per heavy atom. The number of nitrogens with zero attached hydrogens (tertiary/aromatic N) is 3. The molecule has 0 saturated heterocycles. The first-order chi connectivity index (χ1) is 26.8. The molecule has 8 aromatic carbocycles. The zero-order valence-electron chi connectivity index (χ0n) is 29.1. The van der Waals surface area contributed by atoms with E-state index in [1.165, 1.54) is 60.1 Å². The highest BCUT2D eigenvalue weighted by molar-refractivity contribution is 6.20. The van der Waals surface area contributed by atoms with Gasteiger partial charge in [0.05, 0.1) is 33.0 Å². The zero-order valence-corrected chi connectivity index (χ0v) is 29.1. The fourth-order valence-electron chi connectivity index (χ4n) is 8.89. The molecule has 0 saturated carbocycles. The number of hydrogen-bond donors (Lipinski definition) is 0. The molecular weight excluding hydrogens is 659 g/mol. The average Bonchev–Trinajstić information content (AvgIpc) is 3.97. The van der Waals surface area contributed by atoms with Gasteiger partial charge in [0.25, 0.3) is 0 Å². The molecule has 54 heavy (non-hydrogen) atoms. The van der Waals surface area contributed by atoms with E-state index in [-0.39, 0.29) is 0 Å². The van der Waals surface area contributed by atoms with Gasteiger partial charge < -0.3 is 13.6 Å². The van der Waals surface area contributed by atoms with E-state index in [4.69, 9.17) is 4.42 Å². The van der Waals surface area contributed by atoms with Crippen LogP contribution in [0.5, 0.6) is 0 Å². The first-order valence-electron chi connectivity index (χ1n) is 18.4. The van der Waals surface area contributed by atoms with Gasteiger partial charge in [0.15, 0.2) is 0 Å². The SMILES string of the molecule is c1ccc(-c2ccc3c(c2)c2cc(-n4c5ccccc5c5ccccc54)ccc2n3-c2ccc(-n3c4ccccc4c4c5ccccc5oc43)cc2)cc1. The first kappa shape index (κ1) is 29.3. The second-order valence-corrected chi connectivity index (χ2v) is 14.2. The van der Waals surface area contributed by atoms with Crippen LogP contribution in [0.3, 0.4) is 0 Å². The molecule has 4 aromatic heterocycles. The summed E-state index contributed by atoms with van der Waals surface area (Å²) in [6.07, 6.45) is 0. The molecule has 0 unspecified atom stereocenters. The van der Waals surface area contributed by atoms with Crippen LogP contribution in [0.25, 0.3) is 105 Å². The minimum atomic E-state index is 0.869. The van der Waals surface area contributed by atoms with Gasteiger partial charge in [0.2, 0.25) is 5.71 Å². The van der Waals surface area contributed by atoms with Crippen molar-refractivity contribution < 1.29 is 4.42 Å². The van der Waals surface area contributed by atoms with Crippen LogP contribution < -0.4 is 0 Å². The fourth-order valence-corrected chi connectivity index (χ4v) is 8.89. The van der Waals surface area contributed by atoms with Crippen molar-refractivity contribution in [2.24, 2.45) is 0 Å². The summed E-state index contributed by atoms with van der Waals surface area (Å²) in [6.45, 7) is 0. The van der Waals surface area contributed by atoms with Crippen molar-refractivity contribution in [1.82, 2.24) is 13.7 Å². The summed E-state index contributed by atoms with van der Waals surface area (Å²) < 4.78 is 13.6. The molecule has 0 aliphatic rings. The molecule has 4 heteroatoms. The van der Waals surface area contributed by atoms with Crippen molar-refractivity contribution in [2.45, 2.75) is 0 Å². The molecular formula is C50H31N3O. The molecule has 4 nitrogen and oxygen atoms in total. The van der Waals surface area contributed by atoms with Crippen molar-refractivity contribution in [3.63, 3.8) is 0 Å². The van der Waals surface area contributed by atoms with Crippen LogP contribution >= 0.6 is 0 Å². The summed E-state index contributed by atoms with van der Waals surface area (Å²) in [5.41, 5.74) is 13.4. The summed E-state index contributed by atoms with van der Waals surface area (Å²) >= 11 is 0. The Bertz CT molecular complexity index is 3380. The number of furan rings is 1. The predicted octanol–water partition coefficient (Wildman–Crippen LogP) is 13.4. The lowest BCUT2D eigenvalue weighted by atomic mass is 10.0. The normalized spacial score (nSPS) is 12.1. The Balaban J connectivity index is 1.08. The number of rotatable bonds is 4. The van der Waals surface area contributed by atoms with E-state index in [9.17, 15) is 0 Å². The third kappa shape index (κ3) is 4.08. The minimum Gasteiger partial charge on any atom is -0.439 e. The molecule has 0 amide bonds. The van der Waals surface area contributed by atoms with Crippen LogP contribution in [0.4, 0.5) is 0 Å². The zero-order chi connectivity index (χ0) is 35.3. The van der Waals surface area contributed by atoms with E-state index in [1.54, 1.807) is 0 Å². The van der Waals surface area contributed by atoms with Crippen molar-refractivity contribution in [2.75, 3.05) is 0 Å². The first-order valence-corrected chi connectivity index (χ1v) is 18.4. The molecule has 0 aliphatic carbocycles. The van der Waals surface area contributed by atoms with Gasteiger partial charge in [-0.1, -0.05) is 109 Å². The molecule has 0 aliphatic heterocycles. The highest BCUT2D eigenvalue weighted by atomic mass is 16.3. The monoisotopic (exact) mass is 689 g/mol. The molecule has 252 valence electrons. The summed E-state index contributed by atoms with van der Waals surface area (Å²) in [5, 5.41) is 8.44. The smallest absolute Gasteiger partial charge is 0.213 e. The molecule has 12 aromatic rings. The van der Waals surface area contributed by atoms with Gasteiger partial charge in [0.1, 0.15) is 5.58 Å². The Labute approximate surface area is 309 Å². The van der Waals surface area contributed by atoms with Crippen molar-refractivity contribution in [3.8, 4) is 28.2 Å². The Morgan fingerprint density at radius 1 is 0.296 bits per heavy atom. The van der Waals surface area contributed by atoms with Crippen molar-refractivity contribution >= 4 is 76.6 Å². The van der Waals surface area contributed by atoms with Gasteiger partial charge in [-0.2, -0.15) is 0 Å². The topological polar surface area (TPSA) is 27.9 Å². The third-order valence-electron chi connectivity index (χ3n) is 11.3. The van der Waals surface area contributed by atoms with Gasteiger partial charge >= 0.3 is 0 Å². The maximum atomic E-state index is 6.54.